The van der Waals surface area contributed by atoms with E-state index in [9.17, 15) is 5.11 Å². The Morgan fingerprint density at radius 3 is 2.67 bits per heavy atom. The van der Waals surface area contributed by atoms with Crippen LogP contribution in [0.4, 0.5) is 0 Å². The Morgan fingerprint density at radius 1 is 1.33 bits per heavy atom. The Labute approximate surface area is 109 Å². The second kappa shape index (κ2) is 6.61. The van der Waals surface area contributed by atoms with Crippen LogP contribution in [0.15, 0.2) is 18.2 Å². The van der Waals surface area contributed by atoms with Crippen molar-refractivity contribution in [3.8, 4) is 11.5 Å². The summed E-state index contributed by atoms with van der Waals surface area (Å²) in [5, 5.41) is 12.8. The zero-order valence-electron chi connectivity index (χ0n) is 11.6. The van der Waals surface area contributed by atoms with Crippen LogP contribution in [-0.4, -0.2) is 31.0 Å². The maximum atomic E-state index is 9.49. The molecule has 0 spiro atoms. The first-order valence-electron chi connectivity index (χ1n) is 6.19. The number of methoxy groups -OCH3 is 1. The predicted molar refractivity (Wildman–Crippen MR) is 72.1 cm³/mol. The maximum absolute atomic E-state index is 9.49. The first kappa shape index (κ1) is 14.8. The number of hydrogen-bond acceptors (Lipinski definition) is 4. The molecule has 0 fully saturated rings. The average Bonchev–Trinajstić information content (AvgIpc) is 2.31. The Morgan fingerprint density at radius 2 is 2.06 bits per heavy atom. The van der Waals surface area contributed by atoms with Gasteiger partial charge in [0.1, 0.15) is 0 Å². The second-order valence-electron chi connectivity index (χ2n) is 4.80. The highest BCUT2D eigenvalue weighted by molar-refractivity contribution is 5.41. The van der Waals surface area contributed by atoms with Crippen molar-refractivity contribution in [3.63, 3.8) is 0 Å². The van der Waals surface area contributed by atoms with Crippen LogP contribution < -0.4 is 10.1 Å². The number of phenols is 1. The molecule has 0 saturated heterocycles. The highest BCUT2D eigenvalue weighted by Gasteiger charge is 2.16. The van der Waals surface area contributed by atoms with Crippen LogP contribution in [0.3, 0.4) is 0 Å². The minimum absolute atomic E-state index is 0.163. The zero-order valence-corrected chi connectivity index (χ0v) is 11.6. The van der Waals surface area contributed by atoms with E-state index in [1.54, 1.807) is 13.2 Å². The molecule has 102 valence electrons. The van der Waals surface area contributed by atoms with Crippen LogP contribution in [0.5, 0.6) is 11.5 Å². The van der Waals surface area contributed by atoms with Gasteiger partial charge in [0.05, 0.1) is 12.7 Å². The van der Waals surface area contributed by atoms with Gasteiger partial charge in [0, 0.05) is 19.7 Å². The molecule has 4 heteroatoms. The van der Waals surface area contributed by atoms with Gasteiger partial charge in [0.15, 0.2) is 11.5 Å². The number of nitrogens with one attached hydrogen (secondary N) is 1. The summed E-state index contributed by atoms with van der Waals surface area (Å²) in [7, 11) is 1.55. The summed E-state index contributed by atoms with van der Waals surface area (Å²) in [4.78, 5) is 0. The quantitative estimate of drug-likeness (QED) is 0.783. The van der Waals surface area contributed by atoms with E-state index >= 15 is 0 Å². The van der Waals surface area contributed by atoms with Gasteiger partial charge in [-0.3, -0.25) is 0 Å². The topological polar surface area (TPSA) is 50.7 Å². The molecule has 0 bridgehead atoms. The zero-order chi connectivity index (χ0) is 13.6. The number of phenolic OH excluding ortho intramolecular Hbond substituents is 1. The number of aromatic hydroxyl groups is 1. The predicted octanol–water partition coefficient (Wildman–Crippen LogP) is 2.31. The molecule has 0 amide bonds. The van der Waals surface area contributed by atoms with Crippen molar-refractivity contribution in [3.05, 3.63) is 23.8 Å². The van der Waals surface area contributed by atoms with Gasteiger partial charge in [-0.15, -0.1) is 0 Å². The summed E-state index contributed by atoms with van der Waals surface area (Å²) < 4.78 is 10.7. The van der Waals surface area contributed by atoms with E-state index in [1.807, 2.05) is 19.1 Å². The molecule has 0 radical (unpaired) electrons. The minimum Gasteiger partial charge on any atom is -0.504 e. The van der Waals surface area contributed by atoms with Gasteiger partial charge in [-0.2, -0.15) is 0 Å². The molecule has 0 aromatic heterocycles. The molecular formula is C14H23NO3. The molecule has 1 rings (SSSR count). The smallest absolute Gasteiger partial charge is 0.160 e. The van der Waals surface area contributed by atoms with Crippen molar-refractivity contribution in [2.45, 2.75) is 32.9 Å². The fraction of sp³-hybridized carbons (Fsp3) is 0.571. The molecule has 0 saturated carbocycles. The Hall–Kier alpha value is -1.26. The van der Waals surface area contributed by atoms with E-state index in [0.29, 0.717) is 18.9 Å². The average molecular weight is 253 g/mol. The molecule has 1 aromatic carbocycles. The van der Waals surface area contributed by atoms with Gasteiger partial charge in [-0.05, 0) is 38.5 Å². The third-order valence-corrected chi connectivity index (χ3v) is 2.66. The van der Waals surface area contributed by atoms with Gasteiger partial charge in [-0.1, -0.05) is 6.07 Å². The van der Waals surface area contributed by atoms with E-state index in [4.69, 9.17) is 9.47 Å². The lowest BCUT2D eigenvalue weighted by Gasteiger charge is -2.25. The third-order valence-electron chi connectivity index (χ3n) is 2.66. The minimum atomic E-state index is -0.171. The van der Waals surface area contributed by atoms with Crippen molar-refractivity contribution >= 4 is 0 Å². The molecule has 1 aromatic rings. The van der Waals surface area contributed by atoms with E-state index in [0.717, 1.165) is 12.1 Å². The number of ether oxygens (including phenoxy) is 2. The lowest BCUT2D eigenvalue weighted by atomic mass is 10.1. The molecular weight excluding hydrogens is 230 g/mol. The van der Waals surface area contributed by atoms with Gasteiger partial charge in [0.25, 0.3) is 0 Å². The van der Waals surface area contributed by atoms with Crippen LogP contribution in [0.1, 0.15) is 26.3 Å². The van der Waals surface area contributed by atoms with Gasteiger partial charge in [-0.25, -0.2) is 0 Å². The first-order chi connectivity index (χ1) is 8.48. The molecule has 2 N–H and O–H groups in total. The SMILES string of the molecule is CCOC(C)(C)CNCc1ccc(O)c(OC)c1. The van der Waals surface area contributed by atoms with Crippen LogP contribution in [0.2, 0.25) is 0 Å². The van der Waals surface area contributed by atoms with Gasteiger partial charge < -0.3 is 19.9 Å². The summed E-state index contributed by atoms with van der Waals surface area (Å²) in [5.74, 6) is 0.661. The van der Waals surface area contributed by atoms with Crippen molar-refractivity contribution in [2.24, 2.45) is 0 Å². The van der Waals surface area contributed by atoms with Gasteiger partial charge >= 0.3 is 0 Å². The van der Waals surface area contributed by atoms with E-state index < -0.39 is 0 Å². The van der Waals surface area contributed by atoms with Crippen molar-refractivity contribution in [2.75, 3.05) is 20.3 Å². The molecule has 18 heavy (non-hydrogen) atoms. The number of hydrogen-bond donors (Lipinski definition) is 2. The van der Waals surface area contributed by atoms with Crippen LogP contribution in [0, 0.1) is 0 Å². The molecule has 0 aliphatic carbocycles. The maximum Gasteiger partial charge on any atom is 0.160 e. The normalized spacial score (nSPS) is 11.6. The Kier molecular flexibility index (Phi) is 5.44. The molecule has 0 atom stereocenters. The molecule has 0 aliphatic rings. The van der Waals surface area contributed by atoms with Crippen LogP contribution >= 0.6 is 0 Å². The molecule has 0 aliphatic heterocycles. The third kappa shape index (κ3) is 4.55. The van der Waals surface area contributed by atoms with Crippen LogP contribution in [-0.2, 0) is 11.3 Å². The largest absolute Gasteiger partial charge is 0.504 e. The first-order valence-corrected chi connectivity index (χ1v) is 6.19. The monoisotopic (exact) mass is 253 g/mol. The fourth-order valence-electron chi connectivity index (χ4n) is 1.78. The van der Waals surface area contributed by atoms with E-state index in [1.165, 1.54) is 0 Å². The van der Waals surface area contributed by atoms with Crippen molar-refractivity contribution in [1.29, 1.82) is 0 Å². The van der Waals surface area contributed by atoms with E-state index in [2.05, 4.69) is 19.2 Å². The lowest BCUT2D eigenvalue weighted by molar-refractivity contribution is -0.00897. The molecule has 0 heterocycles. The highest BCUT2D eigenvalue weighted by Crippen LogP contribution is 2.26. The van der Waals surface area contributed by atoms with Crippen molar-refractivity contribution in [1.82, 2.24) is 5.32 Å². The summed E-state index contributed by atoms with van der Waals surface area (Å²) in [6.45, 7) is 8.30. The van der Waals surface area contributed by atoms with Gasteiger partial charge in [0.2, 0.25) is 0 Å². The van der Waals surface area contributed by atoms with Crippen molar-refractivity contribution < 1.29 is 14.6 Å². The number of rotatable bonds is 7. The summed E-state index contributed by atoms with van der Waals surface area (Å²) in [6.07, 6.45) is 0. The highest BCUT2D eigenvalue weighted by atomic mass is 16.5. The summed E-state index contributed by atoms with van der Waals surface area (Å²) in [5.41, 5.74) is 0.896. The molecule has 0 unspecified atom stereocenters. The Bertz CT molecular complexity index is 377. The van der Waals surface area contributed by atoms with E-state index in [-0.39, 0.29) is 11.4 Å². The second-order valence-corrected chi connectivity index (χ2v) is 4.80. The standard InChI is InChI=1S/C14H23NO3/c1-5-18-14(2,3)10-15-9-11-6-7-12(16)13(8-11)17-4/h6-8,15-16H,5,9-10H2,1-4H3. The number of benzene rings is 1. The fourth-order valence-corrected chi connectivity index (χ4v) is 1.78. The molecule has 4 nitrogen and oxygen atoms in total. The summed E-state index contributed by atoms with van der Waals surface area (Å²) >= 11 is 0. The summed E-state index contributed by atoms with van der Waals surface area (Å²) in [6, 6.07) is 5.35. The van der Waals surface area contributed by atoms with Crippen LogP contribution in [0.25, 0.3) is 0 Å². The lowest BCUT2D eigenvalue weighted by Crippen LogP contribution is -2.37. The Balaban J connectivity index is 2.49.